The van der Waals surface area contributed by atoms with E-state index in [4.69, 9.17) is 6.57 Å². The van der Waals surface area contributed by atoms with Gasteiger partial charge in [-0.1, -0.05) is 84.9 Å². The molecule has 0 radical (unpaired) electrons. The molecule has 0 aliphatic carbocycles. The minimum absolute atomic E-state index is 0.0355. The summed E-state index contributed by atoms with van der Waals surface area (Å²) in [4.78, 5) is 6.67. The van der Waals surface area contributed by atoms with Gasteiger partial charge in [0.2, 0.25) is 0 Å². The van der Waals surface area contributed by atoms with Gasteiger partial charge in [0, 0.05) is 56.5 Å². The van der Waals surface area contributed by atoms with Crippen molar-refractivity contribution in [2.24, 2.45) is 0 Å². The lowest BCUT2D eigenvalue weighted by molar-refractivity contribution is 0.583. The number of halogens is 6. The predicted octanol–water partition coefficient (Wildman–Crippen LogP) is 16.1. The van der Waals surface area contributed by atoms with Gasteiger partial charge in [0.1, 0.15) is 23.3 Å². The Balaban J connectivity index is 1.28. The first-order valence-corrected chi connectivity index (χ1v) is 19.9. The van der Waals surface area contributed by atoms with E-state index in [9.17, 15) is 5.26 Å². The molecule has 0 aliphatic heterocycles. The Labute approximate surface area is 362 Å². The summed E-state index contributed by atoms with van der Waals surface area (Å²) in [7, 11) is 0. The van der Waals surface area contributed by atoms with E-state index in [0.29, 0.717) is 55.5 Å². The third-order valence-electron chi connectivity index (χ3n) is 11.4. The van der Waals surface area contributed by atoms with Gasteiger partial charge in [-0.15, -0.1) is 0 Å². The summed E-state index contributed by atoms with van der Waals surface area (Å²) in [5.74, 6) is -5.14. The van der Waals surface area contributed by atoms with E-state index in [1.54, 1.807) is 82.6 Å². The van der Waals surface area contributed by atoms with Crippen LogP contribution in [0.2, 0.25) is 0 Å². The molecule has 0 atom stereocenters. The minimum Gasteiger partial charge on any atom is -0.307 e. The van der Waals surface area contributed by atoms with Crippen LogP contribution in [0.3, 0.4) is 0 Å². The van der Waals surface area contributed by atoms with Crippen LogP contribution in [0.5, 0.6) is 0 Å². The highest BCUT2D eigenvalue weighted by Gasteiger charge is 2.29. The molecule has 0 amide bonds. The van der Waals surface area contributed by atoms with Crippen molar-refractivity contribution in [3.8, 4) is 28.3 Å². The van der Waals surface area contributed by atoms with Crippen molar-refractivity contribution in [3.05, 3.63) is 222 Å². The van der Waals surface area contributed by atoms with Crippen molar-refractivity contribution in [2.75, 3.05) is 9.80 Å². The number of anilines is 6. The average Bonchev–Trinajstić information content (AvgIpc) is 3.30. The van der Waals surface area contributed by atoms with Crippen LogP contribution in [-0.4, -0.2) is 0 Å². The lowest BCUT2D eigenvalue weighted by Crippen LogP contribution is -2.15. The molecule has 0 saturated carbocycles. The Bertz CT molecular complexity index is 3320. The smallest absolute Gasteiger partial charge is 0.187 e. The van der Waals surface area contributed by atoms with Crippen molar-refractivity contribution < 1.29 is 26.3 Å². The van der Waals surface area contributed by atoms with Gasteiger partial charge in [-0.3, -0.25) is 0 Å². The number of benzene rings is 10. The van der Waals surface area contributed by atoms with Crippen LogP contribution < -0.4 is 9.80 Å². The van der Waals surface area contributed by atoms with E-state index in [1.807, 2.05) is 36.4 Å². The van der Waals surface area contributed by atoms with E-state index < -0.39 is 34.9 Å². The first-order valence-electron chi connectivity index (χ1n) is 19.9. The van der Waals surface area contributed by atoms with Crippen molar-refractivity contribution in [3.63, 3.8) is 0 Å². The van der Waals surface area contributed by atoms with E-state index in [-0.39, 0.29) is 33.6 Å². The number of rotatable bonds is 8. The average molecular weight is 847 g/mol. The van der Waals surface area contributed by atoms with E-state index in [0.717, 1.165) is 35.0 Å². The summed E-state index contributed by atoms with van der Waals surface area (Å²) in [5, 5.41) is 13.8. The molecule has 0 bridgehead atoms. The van der Waals surface area contributed by atoms with Crippen LogP contribution in [0, 0.1) is 52.8 Å². The van der Waals surface area contributed by atoms with Gasteiger partial charge < -0.3 is 9.80 Å². The fraction of sp³-hybridized carbons (Fsp3) is 0. The second kappa shape index (κ2) is 15.7. The number of nitrogens with zero attached hydrogens (tertiary/aromatic N) is 4. The fourth-order valence-electron chi connectivity index (χ4n) is 8.66. The molecule has 64 heavy (non-hydrogen) atoms. The first-order chi connectivity index (χ1) is 31.1. The molecule has 4 nitrogen and oxygen atoms in total. The van der Waals surface area contributed by atoms with E-state index >= 15 is 26.3 Å². The monoisotopic (exact) mass is 846 g/mol. The number of nitriles is 1. The van der Waals surface area contributed by atoms with Crippen LogP contribution >= 0.6 is 0 Å². The molecular formula is C54H28F6N4. The van der Waals surface area contributed by atoms with Crippen molar-refractivity contribution in [1.82, 2.24) is 0 Å². The Morgan fingerprint density at radius 1 is 0.438 bits per heavy atom. The van der Waals surface area contributed by atoms with Crippen LogP contribution in [0.1, 0.15) is 5.56 Å². The standard InChI is InChI=1S/C54H28F6N4/c1-62-36-16-20-38(21-17-36)64(54-44(27-35(56)29-48(54)60)40-7-3-5-9-46(40)58)50-25-15-33-12-22-41-49(24-14-32-13-23-42(50)52(33)51(32)41)63(37-18-10-31(30-61)11-19-37)53-43(26-34(55)28-47(53)59)39-6-2-4-8-45(39)57/h2-29H. The maximum atomic E-state index is 16.7. The van der Waals surface area contributed by atoms with Gasteiger partial charge in [-0.2, -0.15) is 5.26 Å². The van der Waals surface area contributed by atoms with Crippen molar-refractivity contribution in [1.29, 1.82) is 5.26 Å². The second-order valence-corrected chi connectivity index (χ2v) is 15.1. The zero-order valence-corrected chi connectivity index (χ0v) is 33.2. The molecule has 10 heteroatoms. The van der Waals surface area contributed by atoms with Crippen LogP contribution in [0.4, 0.5) is 66.2 Å². The molecule has 0 fully saturated rings. The zero-order chi connectivity index (χ0) is 44.2. The number of hydrogen-bond acceptors (Lipinski definition) is 3. The highest BCUT2D eigenvalue weighted by molar-refractivity contribution is 6.28. The summed E-state index contributed by atoms with van der Waals surface area (Å²) in [6.07, 6.45) is 0. The highest BCUT2D eigenvalue weighted by atomic mass is 19.2. The van der Waals surface area contributed by atoms with Crippen molar-refractivity contribution in [2.45, 2.75) is 0 Å². The van der Waals surface area contributed by atoms with Crippen molar-refractivity contribution >= 4 is 72.1 Å². The van der Waals surface area contributed by atoms with Gasteiger partial charge in [0.15, 0.2) is 17.3 Å². The molecule has 0 aromatic heterocycles. The Kier molecular flexibility index (Phi) is 9.70. The maximum absolute atomic E-state index is 16.7. The maximum Gasteiger partial charge on any atom is 0.187 e. The minimum atomic E-state index is -0.970. The lowest BCUT2D eigenvalue weighted by atomic mass is 9.91. The molecule has 0 spiro atoms. The fourth-order valence-corrected chi connectivity index (χ4v) is 8.66. The van der Waals surface area contributed by atoms with Gasteiger partial charge in [-0.05, 0) is 94.3 Å². The Morgan fingerprint density at radius 2 is 0.859 bits per heavy atom. The zero-order valence-electron chi connectivity index (χ0n) is 33.2. The second-order valence-electron chi connectivity index (χ2n) is 15.1. The van der Waals surface area contributed by atoms with Crippen LogP contribution in [0.25, 0.3) is 59.4 Å². The van der Waals surface area contributed by atoms with Gasteiger partial charge in [0.05, 0.1) is 41.0 Å². The predicted molar refractivity (Wildman–Crippen MR) is 241 cm³/mol. The first kappa shape index (κ1) is 39.5. The summed E-state index contributed by atoms with van der Waals surface area (Å²) in [5.41, 5.74) is 1.83. The van der Waals surface area contributed by atoms with Crippen LogP contribution in [-0.2, 0) is 0 Å². The Morgan fingerprint density at radius 3 is 1.28 bits per heavy atom. The lowest BCUT2D eigenvalue weighted by Gasteiger charge is -2.31. The molecule has 10 rings (SSSR count). The third kappa shape index (κ3) is 6.57. The highest BCUT2D eigenvalue weighted by Crippen LogP contribution is 2.51. The van der Waals surface area contributed by atoms with E-state index in [1.165, 1.54) is 36.4 Å². The molecule has 10 aromatic rings. The molecule has 0 unspecified atom stereocenters. The van der Waals surface area contributed by atoms with E-state index in [2.05, 4.69) is 10.9 Å². The largest absolute Gasteiger partial charge is 0.307 e. The van der Waals surface area contributed by atoms with Gasteiger partial charge >= 0.3 is 0 Å². The normalized spacial score (nSPS) is 11.2. The molecule has 0 saturated heterocycles. The molecular weight excluding hydrogens is 819 g/mol. The van der Waals surface area contributed by atoms with Crippen LogP contribution in [0.15, 0.2) is 170 Å². The molecule has 10 aromatic carbocycles. The summed E-state index contributed by atoms with van der Waals surface area (Å²) in [6.45, 7) is 7.56. The molecule has 0 aliphatic rings. The summed E-state index contributed by atoms with van der Waals surface area (Å²) in [6, 6.07) is 44.8. The van der Waals surface area contributed by atoms with Gasteiger partial charge in [-0.25, -0.2) is 31.2 Å². The summed E-state index contributed by atoms with van der Waals surface area (Å²) >= 11 is 0. The molecule has 306 valence electrons. The quantitative estimate of drug-likeness (QED) is 0.0868. The third-order valence-corrected chi connectivity index (χ3v) is 11.4. The van der Waals surface area contributed by atoms with Gasteiger partial charge in [0.25, 0.3) is 0 Å². The SMILES string of the molecule is [C-]#[N+]c1ccc(N(c2c(F)cc(F)cc2-c2ccccc2F)c2ccc3ccc4c(N(c5ccc(C#N)cc5)c5c(F)cc(F)cc5-c5ccccc5F)ccc5ccc2c3c54)cc1. The molecule has 0 heterocycles. The number of hydrogen-bond donors (Lipinski definition) is 0. The topological polar surface area (TPSA) is 34.6 Å². The Hall–Kier alpha value is -8.60. The molecule has 0 N–H and O–H groups in total. The summed E-state index contributed by atoms with van der Waals surface area (Å²) < 4.78 is 95.0.